The van der Waals surface area contributed by atoms with Gasteiger partial charge in [0.2, 0.25) is 0 Å². The Labute approximate surface area is 84.5 Å². The van der Waals surface area contributed by atoms with Crippen LogP contribution in [0.3, 0.4) is 0 Å². The molecule has 0 aliphatic carbocycles. The molecule has 0 saturated carbocycles. The summed E-state index contributed by atoms with van der Waals surface area (Å²) in [6, 6.07) is 8.26. The standard InChI is InChI=1S/C13H13N/c1-2-5-11-8-9-12-6-3-4-7-13(12)14-10-11/h2-4,6-10,14H,1,5H2. The number of rotatable bonds is 2. The minimum absolute atomic E-state index is 0.900. The molecule has 1 aromatic carbocycles. The maximum absolute atomic E-state index is 3.73. The SMILES string of the molecule is C=CCC1=CNc2ccccc2C=C1. The van der Waals surface area contributed by atoms with Crippen molar-refractivity contribution in [1.29, 1.82) is 0 Å². The van der Waals surface area contributed by atoms with Gasteiger partial charge in [0.15, 0.2) is 0 Å². The van der Waals surface area contributed by atoms with E-state index in [1.807, 2.05) is 24.4 Å². The van der Waals surface area contributed by atoms with Crippen molar-refractivity contribution in [1.82, 2.24) is 0 Å². The molecule has 0 radical (unpaired) electrons. The molecule has 1 nitrogen and oxygen atoms in total. The third-order valence-electron chi connectivity index (χ3n) is 2.23. The Morgan fingerprint density at radius 1 is 1.21 bits per heavy atom. The molecule has 1 aromatic rings. The van der Waals surface area contributed by atoms with Crippen LogP contribution in [0.25, 0.3) is 6.08 Å². The van der Waals surface area contributed by atoms with Crippen LogP contribution < -0.4 is 5.32 Å². The zero-order valence-electron chi connectivity index (χ0n) is 8.03. The van der Waals surface area contributed by atoms with Gasteiger partial charge in [-0.15, -0.1) is 6.58 Å². The highest BCUT2D eigenvalue weighted by atomic mass is 14.8. The lowest BCUT2D eigenvalue weighted by molar-refractivity contribution is 1.29. The van der Waals surface area contributed by atoms with Crippen LogP contribution >= 0.6 is 0 Å². The van der Waals surface area contributed by atoms with Crippen molar-refractivity contribution in [3.63, 3.8) is 0 Å². The highest BCUT2D eigenvalue weighted by Crippen LogP contribution is 2.21. The topological polar surface area (TPSA) is 12.0 Å². The van der Waals surface area contributed by atoms with Gasteiger partial charge >= 0.3 is 0 Å². The van der Waals surface area contributed by atoms with E-state index in [1.54, 1.807) is 0 Å². The maximum Gasteiger partial charge on any atom is 0.0453 e. The maximum atomic E-state index is 3.73. The zero-order chi connectivity index (χ0) is 9.80. The van der Waals surface area contributed by atoms with Crippen LogP contribution in [0.4, 0.5) is 5.69 Å². The molecule has 14 heavy (non-hydrogen) atoms. The molecule has 1 aliphatic rings. The molecule has 0 amide bonds. The van der Waals surface area contributed by atoms with Crippen LogP contribution in [-0.4, -0.2) is 0 Å². The molecule has 1 N–H and O–H groups in total. The summed E-state index contributed by atoms with van der Waals surface area (Å²) in [6.07, 6.45) is 9.10. The molecular formula is C13H13N. The van der Waals surface area contributed by atoms with E-state index < -0.39 is 0 Å². The molecule has 2 rings (SSSR count). The first-order valence-corrected chi connectivity index (χ1v) is 4.74. The first kappa shape index (κ1) is 8.82. The molecular weight excluding hydrogens is 170 g/mol. The number of hydrogen-bond donors (Lipinski definition) is 1. The summed E-state index contributed by atoms with van der Waals surface area (Å²) in [6.45, 7) is 3.73. The molecule has 1 heteroatoms. The molecule has 1 heterocycles. The second kappa shape index (κ2) is 3.97. The fourth-order valence-electron chi connectivity index (χ4n) is 1.48. The number of nitrogens with one attached hydrogen (secondary N) is 1. The lowest BCUT2D eigenvalue weighted by Crippen LogP contribution is -1.89. The summed E-state index contributed by atoms with van der Waals surface area (Å²) in [5, 5.41) is 3.29. The van der Waals surface area contributed by atoms with Gasteiger partial charge in [-0.25, -0.2) is 0 Å². The lowest BCUT2D eigenvalue weighted by Gasteiger charge is -2.02. The predicted octanol–water partition coefficient (Wildman–Crippen LogP) is 3.59. The Balaban J connectivity index is 2.31. The second-order valence-corrected chi connectivity index (χ2v) is 3.28. The number of para-hydroxylation sites is 1. The highest BCUT2D eigenvalue weighted by Gasteiger charge is 2.00. The van der Waals surface area contributed by atoms with Crippen LogP contribution in [0, 0.1) is 0 Å². The third-order valence-corrected chi connectivity index (χ3v) is 2.23. The molecule has 0 saturated heterocycles. The molecule has 0 atom stereocenters. The van der Waals surface area contributed by atoms with Gasteiger partial charge in [-0.3, -0.25) is 0 Å². The Kier molecular flexibility index (Phi) is 2.50. The fourth-order valence-corrected chi connectivity index (χ4v) is 1.48. The number of fused-ring (bicyclic) bond motifs is 1. The van der Waals surface area contributed by atoms with Crippen molar-refractivity contribution < 1.29 is 0 Å². The smallest absolute Gasteiger partial charge is 0.0453 e. The molecule has 0 bridgehead atoms. The van der Waals surface area contributed by atoms with E-state index in [2.05, 4.69) is 36.2 Å². The van der Waals surface area contributed by atoms with E-state index in [0.717, 1.165) is 12.1 Å². The van der Waals surface area contributed by atoms with Gasteiger partial charge in [0.1, 0.15) is 0 Å². The summed E-state index contributed by atoms with van der Waals surface area (Å²) in [4.78, 5) is 0. The Bertz CT molecular complexity index is 399. The van der Waals surface area contributed by atoms with E-state index in [4.69, 9.17) is 0 Å². The van der Waals surface area contributed by atoms with E-state index in [9.17, 15) is 0 Å². The van der Waals surface area contributed by atoms with Crippen LogP contribution in [0.5, 0.6) is 0 Å². The number of anilines is 1. The van der Waals surface area contributed by atoms with Crippen LogP contribution in [0.1, 0.15) is 12.0 Å². The summed E-state index contributed by atoms with van der Waals surface area (Å²) in [7, 11) is 0. The second-order valence-electron chi connectivity index (χ2n) is 3.28. The number of allylic oxidation sites excluding steroid dienone is 3. The molecule has 0 aromatic heterocycles. The third kappa shape index (κ3) is 1.77. The average molecular weight is 183 g/mol. The van der Waals surface area contributed by atoms with E-state index in [0.29, 0.717) is 0 Å². The molecule has 1 aliphatic heterocycles. The van der Waals surface area contributed by atoms with Gasteiger partial charge in [0.05, 0.1) is 0 Å². The van der Waals surface area contributed by atoms with E-state index >= 15 is 0 Å². The van der Waals surface area contributed by atoms with Crippen LogP contribution in [0.15, 0.2) is 54.8 Å². The largest absolute Gasteiger partial charge is 0.361 e. The van der Waals surface area contributed by atoms with Crippen molar-refractivity contribution >= 4 is 11.8 Å². The lowest BCUT2D eigenvalue weighted by atomic mass is 10.1. The van der Waals surface area contributed by atoms with Gasteiger partial charge in [0.25, 0.3) is 0 Å². The molecule has 0 spiro atoms. The van der Waals surface area contributed by atoms with Gasteiger partial charge in [-0.1, -0.05) is 36.4 Å². The summed E-state index contributed by atoms with van der Waals surface area (Å²) in [5.41, 5.74) is 3.63. The minimum atomic E-state index is 0.900. The van der Waals surface area contributed by atoms with E-state index in [1.165, 1.54) is 11.1 Å². The summed E-state index contributed by atoms with van der Waals surface area (Å²) in [5.74, 6) is 0. The number of hydrogen-bond acceptors (Lipinski definition) is 1. The van der Waals surface area contributed by atoms with Gasteiger partial charge in [-0.2, -0.15) is 0 Å². The molecule has 70 valence electrons. The fraction of sp³-hybridized carbons (Fsp3) is 0.0769. The van der Waals surface area contributed by atoms with Gasteiger partial charge < -0.3 is 5.32 Å². The quantitative estimate of drug-likeness (QED) is 0.691. The Morgan fingerprint density at radius 2 is 2.07 bits per heavy atom. The van der Waals surface area contributed by atoms with Crippen molar-refractivity contribution in [2.75, 3.05) is 5.32 Å². The molecule has 0 fully saturated rings. The van der Waals surface area contributed by atoms with Crippen molar-refractivity contribution in [3.05, 3.63) is 60.3 Å². The van der Waals surface area contributed by atoms with Crippen LogP contribution in [0.2, 0.25) is 0 Å². The summed E-state index contributed by atoms with van der Waals surface area (Å²) >= 11 is 0. The first-order chi connectivity index (χ1) is 6.90. The van der Waals surface area contributed by atoms with Crippen LogP contribution in [-0.2, 0) is 0 Å². The highest BCUT2D eigenvalue weighted by molar-refractivity contribution is 5.70. The minimum Gasteiger partial charge on any atom is -0.361 e. The van der Waals surface area contributed by atoms with Crippen molar-refractivity contribution in [2.24, 2.45) is 0 Å². The van der Waals surface area contributed by atoms with Crippen molar-refractivity contribution in [2.45, 2.75) is 6.42 Å². The van der Waals surface area contributed by atoms with Gasteiger partial charge in [-0.05, 0) is 23.6 Å². The predicted molar refractivity (Wildman–Crippen MR) is 62.0 cm³/mol. The molecule has 0 unspecified atom stereocenters. The Morgan fingerprint density at radius 3 is 2.93 bits per heavy atom. The zero-order valence-corrected chi connectivity index (χ0v) is 8.03. The normalized spacial score (nSPS) is 13.6. The first-order valence-electron chi connectivity index (χ1n) is 4.74. The van der Waals surface area contributed by atoms with E-state index in [-0.39, 0.29) is 0 Å². The Hall–Kier alpha value is -1.76. The average Bonchev–Trinajstić information content (AvgIpc) is 2.42. The number of benzene rings is 1. The monoisotopic (exact) mass is 183 g/mol. The summed E-state index contributed by atoms with van der Waals surface area (Å²) < 4.78 is 0. The van der Waals surface area contributed by atoms with Gasteiger partial charge in [0, 0.05) is 11.9 Å². The van der Waals surface area contributed by atoms with Crippen molar-refractivity contribution in [3.8, 4) is 0 Å².